The van der Waals surface area contributed by atoms with Crippen LogP contribution in [0.2, 0.25) is 0 Å². The van der Waals surface area contributed by atoms with Gasteiger partial charge in [-0.25, -0.2) is 0 Å². The number of ether oxygens (including phenoxy) is 1. The normalized spacial score (nSPS) is 41.3. The topological polar surface area (TPSA) is 9.23 Å². The van der Waals surface area contributed by atoms with Crippen LogP contribution in [0.25, 0.3) is 0 Å². The summed E-state index contributed by atoms with van der Waals surface area (Å²) in [4.78, 5) is 0. The fraction of sp³-hybridized carbons (Fsp3) is 1.00. The quantitative estimate of drug-likeness (QED) is 0.636. The van der Waals surface area contributed by atoms with E-state index in [0.29, 0.717) is 17.6 Å². The first kappa shape index (κ1) is 11.3. The second kappa shape index (κ2) is 4.18. The molecule has 0 spiro atoms. The van der Waals surface area contributed by atoms with Gasteiger partial charge in [-0.3, -0.25) is 0 Å². The summed E-state index contributed by atoms with van der Waals surface area (Å²) in [5.41, 5.74) is 0.213. The van der Waals surface area contributed by atoms with Crippen molar-refractivity contribution in [2.75, 3.05) is 0 Å². The van der Waals surface area contributed by atoms with Crippen molar-refractivity contribution in [1.29, 1.82) is 0 Å². The predicted molar refractivity (Wildman–Crippen MR) is 57.3 cm³/mol. The van der Waals surface area contributed by atoms with Crippen LogP contribution in [0.4, 0.5) is 0 Å². The molecular weight excluding hydrogens is 184 g/mol. The van der Waals surface area contributed by atoms with Crippen molar-refractivity contribution in [1.82, 2.24) is 0 Å². The first-order valence-electron chi connectivity index (χ1n) is 5.34. The van der Waals surface area contributed by atoms with E-state index in [1.165, 1.54) is 0 Å². The Morgan fingerprint density at radius 2 is 2.15 bits per heavy atom. The summed E-state index contributed by atoms with van der Waals surface area (Å²) in [6.45, 7) is 8.73. The molecule has 1 rings (SSSR count). The van der Waals surface area contributed by atoms with Crippen LogP contribution in [-0.2, 0) is 4.74 Å². The van der Waals surface area contributed by atoms with Gasteiger partial charge in [-0.1, -0.05) is 20.8 Å². The van der Waals surface area contributed by atoms with E-state index in [1.807, 2.05) is 0 Å². The first-order valence-corrected chi connectivity index (χ1v) is 5.77. The molecule has 1 nitrogen and oxygen atoms in total. The minimum Gasteiger partial charge on any atom is -0.375 e. The van der Waals surface area contributed by atoms with Crippen LogP contribution in [0.1, 0.15) is 47.0 Å². The van der Waals surface area contributed by atoms with E-state index in [2.05, 4.69) is 27.7 Å². The minimum atomic E-state index is 0.213. The Bertz CT molecular complexity index is 171. The van der Waals surface area contributed by atoms with Crippen molar-refractivity contribution in [3.8, 4) is 0 Å². The molecule has 2 heteroatoms. The lowest BCUT2D eigenvalue weighted by Crippen LogP contribution is -2.54. The summed E-state index contributed by atoms with van der Waals surface area (Å²) in [5.74, 6) is 0. The molecule has 0 aliphatic heterocycles. The van der Waals surface area contributed by atoms with E-state index in [1.54, 1.807) is 0 Å². The lowest BCUT2D eigenvalue weighted by atomic mass is 9.65. The van der Waals surface area contributed by atoms with Gasteiger partial charge < -0.3 is 4.74 Å². The highest BCUT2D eigenvalue weighted by Crippen LogP contribution is 2.49. The Hall–Kier alpha value is 0.250. The van der Waals surface area contributed by atoms with Crippen LogP contribution in [0.3, 0.4) is 0 Å². The van der Waals surface area contributed by atoms with E-state index in [4.69, 9.17) is 16.3 Å². The molecule has 0 heterocycles. The maximum absolute atomic E-state index is 6.20. The Labute approximate surface area is 86.8 Å². The van der Waals surface area contributed by atoms with E-state index in [9.17, 15) is 0 Å². The van der Waals surface area contributed by atoms with Gasteiger partial charge in [0.2, 0.25) is 0 Å². The third kappa shape index (κ3) is 2.02. The van der Waals surface area contributed by atoms with Crippen LogP contribution in [-0.4, -0.2) is 17.6 Å². The Morgan fingerprint density at radius 1 is 1.54 bits per heavy atom. The summed E-state index contributed by atoms with van der Waals surface area (Å²) in [7, 11) is 0. The standard InChI is InChI=1S/C11H21ClO/c1-5-8(3)13-10-7-9(12)11(10,4)6-2/h8-10H,5-7H2,1-4H3. The van der Waals surface area contributed by atoms with Crippen molar-refractivity contribution in [3.05, 3.63) is 0 Å². The fourth-order valence-electron chi connectivity index (χ4n) is 1.80. The molecule has 0 amide bonds. The average Bonchev–Trinajstić information content (AvgIpc) is 2.15. The molecule has 13 heavy (non-hydrogen) atoms. The highest BCUT2D eigenvalue weighted by molar-refractivity contribution is 6.21. The van der Waals surface area contributed by atoms with Crippen molar-refractivity contribution in [2.45, 2.75) is 64.5 Å². The van der Waals surface area contributed by atoms with E-state index in [-0.39, 0.29) is 5.41 Å². The van der Waals surface area contributed by atoms with Crippen molar-refractivity contribution >= 4 is 11.6 Å². The SMILES string of the molecule is CCC(C)OC1CC(Cl)C1(C)CC. The Kier molecular flexibility index (Phi) is 3.64. The lowest BCUT2D eigenvalue weighted by Gasteiger charge is -2.51. The average molecular weight is 205 g/mol. The number of alkyl halides is 1. The maximum Gasteiger partial charge on any atom is 0.0660 e. The lowest BCUT2D eigenvalue weighted by molar-refractivity contribution is -0.128. The third-order valence-corrected chi connectivity index (χ3v) is 4.28. The molecule has 0 aromatic carbocycles. The fourth-order valence-corrected chi connectivity index (χ4v) is 2.26. The molecule has 0 bridgehead atoms. The molecule has 4 atom stereocenters. The zero-order valence-corrected chi connectivity index (χ0v) is 9.90. The summed E-state index contributed by atoms with van der Waals surface area (Å²) < 4.78 is 5.93. The molecule has 4 unspecified atom stereocenters. The molecular formula is C11H21ClO. The molecule has 1 aliphatic rings. The van der Waals surface area contributed by atoms with E-state index >= 15 is 0 Å². The van der Waals surface area contributed by atoms with Crippen molar-refractivity contribution < 1.29 is 4.74 Å². The Morgan fingerprint density at radius 3 is 2.54 bits per heavy atom. The van der Waals surface area contributed by atoms with Crippen molar-refractivity contribution in [3.63, 3.8) is 0 Å². The summed E-state index contributed by atoms with van der Waals surface area (Å²) in [6.07, 6.45) is 3.98. The van der Waals surface area contributed by atoms with Crippen LogP contribution >= 0.6 is 11.6 Å². The number of hydrogen-bond donors (Lipinski definition) is 0. The Balaban J connectivity index is 2.45. The van der Waals surface area contributed by atoms with Gasteiger partial charge in [-0.2, -0.15) is 0 Å². The van der Waals surface area contributed by atoms with Gasteiger partial charge in [0.1, 0.15) is 0 Å². The molecule has 0 saturated heterocycles. The highest BCUT2D eigenvalue weighted by Gasteiger charge is 2.50. The van der Waals surface area contributed by atoms with Gasteiger partial charge in [0.05, 0.1) is 12.2 Å². The van der Waals surface area contributed by atoms with Gasteiger partial charge in [0, 0.05) is 10.8 Å². The van der Waals surface area contributed by atoms with E-state index < -0.39 is 0 Å². The highest BCUT2D eigenvalue weighted by atomic mass is 35.5. The molecule has 1 aliphatic carbocycles. The molecule has 0 aromatic rings. The van der Waals surface area contributed by atoms with Gasteiger partial charge >= 0.3 is 0 Å². The molecule has 0 N–H and O–H groups in total. The van der Waals surface area contributed by atoms with Gasteiger partial charge in [-0.15, -0.1) is 11.6 Å². The minimum absolute atomic E-state index is 0.213. The molecule has 1 saturated carbocycles. The second-order valence-corrected chi connectivity index (χ2v) is 4.93. The number of halogens is 1. The maximum atomic E-state index is 6.20. The van der Waals surface area contributed by atoms with Crippen LogP contribution in [0, 0.1) is 5.41 Å². The summed E-state index contributed by atoms with van der Waals surface area (Å²) in [5, 5.41) is 0.312. The van der Waals surface area contributed by atoms with Gasteiger partial charge in [0.15, 0.2) is 0 Å². The summed E-state index contributed by atoms with van der Waals surface area (Å²) in [6, 6.07) is 0. The third-order valence-electron chi connectivity index (χ3n) is 3.61. The van der Waals surface area contributed by atoms with Crippen molar-refractivity contribution in [2.24, 2.45) is 5.41 Å². The zero-order valence-electron chi connectivity index (χ0n) is 9.14. The zero-order chi connectivity index (χ0) is 10.1. The molecule has 1 fully saturated rings. The predicted octanol–water partition coefficient (Wildman–Crippen LogP) is 3.60. The van der Waals surface area contributed by atoms with Crippen LogP contribution in [0.5, 0.6) is 0 Å². The van der Waals surface area contributed by atoms with E-state index in [0.717, 1.165) is 19.3 Å². The van der Waals surface area contributed by atoms with Crippen LogP contribution in [0.15, 0.2) is 0 Å². The molecule has 0 radical (unpaired) electrons. The number of hydrogen-bond acceptors (Lipinski definition) is 1. The number of rotatable bonds is 4. The largest absolute Gasteiger partial charge is 0.375 e. The molecule has 0 aromatic heterocycles. The first-order chi connectivity index (χ1) is 6.04. The van der Waals surface area contributed by atoms with Gasteiger partial charge in [0.25, 0.3) is 0 Å². The molecule has 78 valence electrons. The van der Waals surface area contributed by atoms with Crippen LogP contribution < -0.4 is 0 Å². The summed E-state index contributed by atoms with van der Waals surface area (Å²) >= 11 is 6.20. The smallest absolute Gasteiger partial charge is 0.0660 e. The monoisotopic (exact) mass is 204 g/mol. The second-order valence-electron chi connectivity index (χ2n) is 4.41. The van der Waals surface area contributed by atoms with Gasteiger partial charge in [-0.05, 0) is 26.2 Å².